The molecule has 6 nitrogen and oxygen atoms in total. The summed E-state index contributed by atoms with van der Waals surface area (Å²) in [5, 5.41) is 0. The van der Waals surface area contributed by atoms with Crippen LogP contribution in [0.2, 0.25) is 0 Å². The Bertz CT molecular complexity index is 950. The lowest BCUT2D eigenvalue weighted by molar-refractivity contribution is -0.132. The van der Waals surface area contributed by atoms with Gasteiger partial charge in [-0.15, -0.1) is 0 Å². The zero-order valence-corrected chi connectivity index (χ0v) is 18.0. The Labute approximate surface area is 183 Å². The maximum atomic E-state index is 12.7. The number of piperazine rings is 1. The Kier molecular flexibility index (Phi) is 6.67. The molecule has 2 aromatic carbocycles. The first-order valence-corrected chi connectivity index (χ1v) is 10.9. The number of anilines is 1. The molecule has 2 amide bonds. The fourth-order valence-electron chi connectivity index (χ4n) is 4.00. The van der Waals surface area contributed by atoms with Gasteiger partial charge in [-0.25, -0.2) is 0 Å². The first-order chi connectivity index (χ1) is 15.1. The number of carbonyl (C=O) groups is 2. The Morgan fingerprint density at radius 1 is 1.06 bits per heavy atom. The van der Waals surface area contributed by atoms with Crippen molar-refractivity contribution in [1.29, 1.82) is 0 Å². The third-order valence-electron chi connectivity index (χ3n) is 5.81. The summed E-state index contributed by atoms with van der Waals surface area (Å²) in [6, 6.07) is 16.1. The fraction of sp³-hybridized carbons (Fsp3) is 0.360. The number of fused-ring (bicyclic) bond motifs is 1. The van der Waals surface area contributed by atoms with Crippen molar-refractivity contribution in [1.82, 2.24) is 9.80 Å². The lowest BCUT2D eigenvalue weighted by Crippen LogP contribution is -2.49. The summed E-state index contributed by atoms with van der Waals surface area (Å²) >= 11 is 0. The molecule has 162 valence electrons. The van der Waals surface area contributed by atoms with Crippen LogP contribution in [-0.2, 0) is 9.59 Å². The van der Waals surface area contributed by atoms with E-state index in [1.54, 1.807) is 4.90 Å². The summed E-state index contributed by atoms with van der Waals surface area (Å²) in [6.07, 6.45) is 4.64. The van der Waals surface area contributed by atoms with E-state index < -0.39 is 0 Å². The first-order valence-electron chi connectivity index (χ1n) is 10.9. The number of amides is 2. The monoisotopic (exact) mass is 419 g/mol. The van der Waals surface area contributed by atoms with Crippen molar-refractivity contribution in [2.45, 2.75) is 13.3 Å². The number of carbonyl (C=O) groups excluding carboxylic acids is 2. The molecular formula is C25H29N3O3. The summed E-state index contributed by atoms with van der Waals surface area (Å²) in [4.78, 5) is 31.0. The van der Waals surface area contributed by atoms with Crippen LogP contribution in [0.15, 0.2) is 54.6 Å². The molecule has 31 heavy (non-hydrogen) atoms. The van der Waals surface area contributed by atoms with Crippen molar-refractivity contribution >= 4 is 23.6 Å². The molecule has 1 fully saturated rings. The van der Waals surface area contributed by atoms with Crippen molar-refractivity contribution in [2.75, 3.05) is 50.8 Å². The molecule has 2 aromatic rings. The van der Waals surface area contributed by atoms with Crippen molar-refractivity contribution in [3.8, 4) is 5.75 Å². The van der Waals surface area contributed by atoms with Crippen LogP contribution in [0.4, 0.5) is 5.69 Å². The van der Waals surface area contributed by atoms with Gasteiger partial charge in [-0.3, -0.25) is 14.5 Å². The summed E-state index contributed by atoms with van der Waals surface area (Å²) in [5.41, 5.74) is 3.04. The van der Waals surface area contributed by atoms with Gasteiger partial charge in [0.1, 0.15) is 5.75 Å². The van der Waals surface area contributed by atoms with E-state index in [2.05, 4.69) is 29.2 Å². The van der Waals surface area contributed by atoms with Gasteiger partial charge in [-0.1, -0.05) is 48.6 Å². The van der Waals surface area contributed by atoms with Gasteiger partial charge in [-0.2, -0.15) is 0 Å². The van der Waals surface area contributed by atoms with Gasteiger partial charge in [0.2, 0.25) is 5.91 Å². The number of rotatable bonds is 6. The number of aryl methyl sites for hydroxylation is 1. The van der Waals surface area contributed by atoms with E-state index in [-0.39, 0.29) is 18.4 Å². The second kappa shape index (κ2) is 9.79. The van der Waals surface area contributed by atoms with Crippen LogP contribution in [0.3, 0.4) is 0 Å². The molecule has 0 atom stereocenters. The second-order valence-corrected chi connectivity index (χ2v) is 8.05. The average molecular weight is 420 g/mol. The Balaban J connectivity index is 1.24. The van der Waals surface area contributed by atoms with E-state index in [1.807, 2.05) is 48.2 Å². The molecule has 0 radical (unpaired) electrons. The lowest BCUT2D eigenvalue weighted by atomic mass is 10.1. The van der Waals surface area contributed by atoms with Gasteiger partial charge in [0.25, 0.3) is 5.91 Å². The minimum Gasteiger partial charge on any atom is -0.482 e. The highest BCUT2D eigenvalue weighted by atomic mass is 16.5. The third kappa shape index (κ3) is 5.33. The first kappa shape index (κ1) is 21.1. The molecule has 0 bridgehead atoms. The van der Waals surface area contributed by atoms with Crippen LogP contribution in [0, 0.1) is 6.92 Å². The van der Waals surface area contributed by atoms with Gasteiger partial charge < -0.3 is 14.5 Å². The number of hydrogen-bond donors (Lipinski definition) is 0. The summed E-state index contributed by atoms with van der Waals surface area (Å²) < 4.78 is 5.54. The molecule has 0 N–H and O–H groups in total. The number of ether oxygens (including phenoxy) is 1. The largest absolute Gasteiger partial charge is 0.482 e. The molecule has 6 heteroatoms. The molecule has 0 unspecified atom stereocenters. The van der Waals surface area contributed by atoms with Gasteiger partial charge in [0, 0.05) is 45.7 Å². The molecule has 0 spiro atoms. The van der Waals surface area contributed by atoms with Crippen LogP contribution in [0.5, 0.6) is 5.75 Å². The molecule has 4 rings (SSSR count). The maximum Gasteiger partial charge on any atom is 0.265 e. The molecule has 0 aromatic heterocycles. The highest BCUT2D eigenvalue weighted by Gasteiger charge is 2.27. The van der Waals surface area contributed by atoms with E-state index in [9.17, 15) is 9.59 Å². The number of benzene rings is 2. The fourth-order valence-corrected chi connectivity index (χ4v) is 4.00. The van der Waals surface area contributed by atoms with E-state index in [4.69, 9.17) is 4.74 Å². The molecule has 2 heterocycles. The van der Waals surface area contributed by atoms with E-state index in [0.717, 1.165) is 44.0 Å². The normalized spacial score (nSPS) is 17.0. The standard InChI is InChI=1S/C25H29N3O3/c1-20-9-10-22-23(18-20)31-19-25(30)28(22)13-11-24(29)27-16-14-26(15-17-27)12-5-8-21-6-3-2-4-7-21/h2-10,18H,11-17,19H2,1H3/b8-5+. The summed E-state index contributed by atoms with van der Waals surface area (Å²) in [7, 11) is 0. The van der Waals surface area contributed by atoms with Gasteiger partial charge in [0.15, 0.2) is 6.61 Å². The number of nitrogens with zero attached hydrogens (tertiary/aromatic N) is 3. The van der Waals surface area contributed by atoms with Crippen LogP contribution in [0.25, 0.3) is 6.08 Å². The Hall–Kier alpha value is -3.12. The van der Waals surface area contributed by atoms with E-state index >= 15 is 0 Å². The summed E-state index contributed by atoms with van der Waals surface area (Å²) in [6.45, 7) is 6.47. The Morgan fingerprint density at radius 3 is 2.61 bits per heavy atom. The zero-order valence-electron chi connectivity index (χ0n) is 18.0. The topological polar surface area (TPSA) is 53.1 Å². The zero-order chi connectivity index (χ0) is 21.6. The predicted octanol–water partition coefficient (Wildman–Crippen LogP) is 2.97. The van der Waals surface area contributed by atoms with Crippen LogP contribution < -0.4 is 9.64 Å². The average Bonchev–Trinajstić information content (AvgIpc) is 2.79. The lowest BCUT2D eigenvalue weighted by Gasteiger charge is -2.35. The van der Waals surface area contributed by atoms with Crippen molar-refractivity contribution in [3.05, 3.63) is 65.7 Å². The SMILES string of the molecule is Cc1ccc2c(c1)OCC(=O)N2CCC(=O)N1CCN(C/C=C/c2ccccc2)CC1. The molecule has 0 saturated carbocycles. The quantitative estimate of drug-likeness (QED) is 0.722. The van der Waals surface area contributed by atoms with E-state index in [1.165, 1.54) is 5.56 Å². The molecule has 2 aliphatic heterocycles. The summed E-state index contributed by atoms with van der Waals surface area (Å²) in [5.74, 6) is 0.718. The van der Waals surface area contributed by atoms with E-state index in [0.29, 0.717) is 18.7 Å². The van der Waals surface area contributed by atoms with Gasteiger partial charge in [-0.05, 0) is 30.2 Å². The highest BCUT2D eigenvalue weighted by Crippen LogP contribution is 2.32. The third-order valence-corrected chi connectivity index (χ3v) is 5.81. The minimum atomic E-state index is -0.0980. The molecule has 0 aliphatic carbocycles. The van der Waals surface area contributed by atoms with Crippen LogP contribution in [0.1, 0.15) is 17.5 Å². The maximum absolute atomic E-state index is 12.7. The molecule has 1 saturated heterocycles. The second-order valence-electron chi connectivity index (χ2n) is 8.05. The minimum absolute atomic E-state index is 0.0276. The molecular weight excluding hydrogens is 390 g/mol. The smallest absolute Gasteiger partial charge is 0.265 e. The van der Waals surface area contributed by atoms with Crippen molar-refractivity contribution in [3.63, 3.8) is 0 Å². The predicted molar refractivity (Wildman–Crippen MR) is 122 cm³/mol. The number of hydrogen-bond acceptors (Lipinski definition) is 4. The van der Waals surface area contributed by atoms with Gasteiger partial charge in [0.05, 0.1) is 5.69 Å². The van der Waals surface area contributed by atoms with Gasteiger partial charge >= 0.3 is 0 Å². The van der Waals surface area contributed by atoms with Crippen LogP contribution >= 0.6 is 0 Å². The highest BCUT2D eigenvalue weighted by molar-refractivity contribution is 5.98. The van der Waals surface area contributed by atoms with Crippen molar-refractivity contribution in [2.24, 2.45) is 0 Å². The Morgan fingerprint density at radius 2 is 1.84 bits per heavy atom. The molecule has 2 aliphatic rings. The van der Waals surface area contributed by atoms with Crippen LogP contribution in [-0.4, -0.2) is 67.5 Å². The van der Waals surface area contributed by atoms with Crippen molar-refractivity contribution < 1.29 is 14.3 Å².